The van der Waals surface area contributed by atoms with Gasteiger partial charge in [0, 0.05) is 23.1 Å². The molecule has 0 aliphatic carbocycles. The number of methoxy groups -OCH3 is 2. The second-order valence-electron chi connectivity index (χ2n) is 7.77. The van der Waals surface area contributed by atoms with Crippen molar-refractivity contribution >= 4 is 16.9 Å². The Balaban J connectivity index is 2.08. The van der Waals surface area contributed by atoms with Gasteiger partial charge in [0.25, 0.3) is 0 Å². The van der Waals surface area contributed by atoms with Gasteiger partial charge in [0.1, 0.15) is 16.7 Å². The van der Waals surface area contributed by atoms with Crippen molar-refractivity contribution in [3.63, 3.8) is 0 Å². The van der Waals surface area contributed by atoms with Crippen molar-refractivity contribution in [2.24, 2.45) is 0 Å². The Morgan fingerprint density at radius 3 is 2.29 bits per heavy atom. The Bertz CT molecular complexity index is 1470. The van der Waals surface area contributed by atoms with Gasteiger partial charge < -0.3 is 34.3 Å². The average Bonchev–Trinajstić information content (AvgIpc) is 2.86. The van der Waals surface area contributed by atoms with E-state index in [1.54, 1.807) is 36.4 Å². The number of carbonyl (C=O) groups is 1. The summed E-state index contributed by atoms with van der Waals surface area (Å²) in [7, 11) is 2.56. The van der Waals surface area contributed by atoms with E-state index in [0.717, 1.165) is 6.07 Å². The maximum Gasteiger partial charge on any atom is 0.306 e. The Morgan fingerprint density at radius 2 is 1.66 bits per heavy atom. The monoisotopic (exact) mass is 478 g/mol. The quantitative estimate of drug-likeness (QED) is 0.239. The molecular formula is C26H22O9. The van der Waals surface area contributed by atoms with Crippen LogP contribution in [0.25, 0.3) is 22.3 Å². The highest BCUT2D eigenvalue weighted by molar-refractivity contribution is 5.93. The van der Waals surface area contributed by atoms with Gasteiger partial charge in [-0.25, -0.2) is 0 Å². The van der Waals surface area contributed by atoms with Gasteiger partial charge in [0.2, 0.25) is 5.75 Å². The van der Waals surface area contributed by atoms with E-state index in [4.69, 9.17) is 13.9 Å². The Hall–Kier alpha value is -4.66. The fourth-order valence-corrected chi connectivity index (χ4v) is 4.00. The summed E-state index contributed by atoms with van der Waals surface area (Å²) in [5, 5.41) is 41.8. The number of carbonyl (C=O) groups excluding carboxylic acids is 1. The number of esters is 1. The number of fused-ring (bicyclic) bond motifs is 1. The number of hydrogen-bond donors (Lipinski definition) is 4. The molecule has 0 spiro atoms. The number of rotatable bonds is 6. The molecule has 3 aromatic carbocycles. The summed E-state index contributed by atoms with van der Waals surface area (Å²) in [4.78, 5) is 25.4. The SMILES string of the molecule is COC(=O)C[C@H](c1ccc(OC)c(O)c1)c1c(O)c(O)c(O)c2c(=O)cc(-c3ccccc3)oc12. The molecule has 0 saturated heterocycles. The average molecular weight is 478 g/mol. The molecule has 0 bridgehead atoms. The summed E-state index contributed by atoms with van der Waals surface area (Å²) >= 11 is 0. The smallest absolute Gasteiger partial charge is 0.306 e. The van der Waals surface area contributed by atoms with Crippen LogP contribution >= 0.6 is 0 Å². The standard InChI is InChI=1S/C26H22O9/c1-33-18-9-8-14(10-16(18)27)15(11-20(29)34-2)21-23(30)25(32)24(31)22-17(28)12-19(35-26(21)22)13-6-4-3-5-7-13/h3-10,12,15,27,30-32H,11H2,1-2H3/t15-/m1/s1. The number of phenolic OH excluding ortho intramolecular Hbond substituents is 4. The minimum absolute atomic E-state index is 0.139. The molecule has 0 unspecified atom stereocenters. The number of ether oxygens (including phenoxy) is 2. The predicted octanol–water partition coefficient (Wildman–Crippen LogP) is 3.99. The highest BCUT2D eigenvalue weighted by atomic mass is 16.5. The van der Waals surface area contributed by atoms with Crippen LogP contribution in [0, 0.1) is 0 Å². The lowest BCUT2D eigenvalue weighted by Gasteiger charge is -2.21. The fourth-order valence-electron chi connectivity index (χ4n) is 4.00. The number of aromatic hydroxyl groups is 4. The van der Waals surface area contributed by atoms with Crippen molar-refractivity contribution in [3.8, 4) is 40.1 Å². The lowest BCUT2D eigenvalue weighted by atomic mass is 9.86. The topological polar surface area (TPSA) is 147 Å². The summed E-state index contributed by atoms with van der Waals surface area (Å²) in [6, 6.07) is 14.2. The second kappa shape index (κ2) is 9.30. The molecule has 0 amide bonds. The molecule has 1 aromatic heterocycles. The molecule has 4 aromatic rings. The lowest BCUT2D eigenvalue weighted by molar-refractivity contribution is -0.140. The van der Waals surface area contributed by atoms with E-state index >= 15 is 0 Å². The van der Waals surface area contributed by atoms with Gasteiger partial charge in [0.15, 0.2) is 28.4 Å². The van der Waals surface area contributed by atoms with Crippen LogP contribution in [0.1, 0.15) is 23.5 Å². The molecular weight excluding hydrogens is 456 g/mol. The fraction of sp³-hybridized carbons (Fsp3) is 0.154. The first kappa shape index (κ1) is 23.5. The second-order valence-corrected chi connectivity index (χ2v) is 7.77. The molecule has 4 N–H and O–H groups in total. The van der Waals surface area contributed by atoms with Crippen LogP contribution in [0.3, 0.4) is 0 Å². The van der Waals surface area contributed by atoms with Crippen LogP contribution in [-0.4, -0.2) is 40.6 Å². The minimum Gasteiger partial charge on any atom is -0.504 e. The molecule has 0 fully saturated rings. The zero-order chi connectivity index (χ0) is 25.3. The van der Waals surface area contributed by atoms with Crippen molar-refractivity contribution in [2.75, 3.05) is 14.2 Å². The Kier molecular flexibility index (Phi) is 6.24. The van der Waals surface area contributed by atoms with Gasteiger partial charge in [-0.1, -0.05) is 36.4 Å². The van der Waals surface area contributed by atoms with E-state index in [1.807, 2.05) is 0 Å². The molecule has 1 atom stereocenters. The van der Waals surface area contributed by atoms with Gasteiger partial charge in [-0.3, -0.25) is 9.59 Å². The van der Waals surface area contributed by atoms with Crippen molar-refractivity contribution in [1.29, 1.82) is 0 Å². The van der Waals surface area contributed by atoms with Crippen molar-refractivity contribution < 1.29 is 39.1 Å². The van der Waals surface area contributed by atoms with Crippen LogP contribution in [0.4, 0.5) is 0 Å². The third-order valence-corrected chi connectivity index (χ3v) is 5.74. The first-order valence-electron chi connectivity index (χ1n) is 10.5. The largest absolute Gasteiger partial charge is 0.504 e. The van der Waals surface area contributed by atoms with Crippen LogP contribution in [0.5, 0.6) is 28.7 Å². The number of hydrogen-bond acceptors (Lipinski definition) is 9. The van der Waals surface area contributed by atoms with E-state index < -0.39 is 34.6 Å². The van der Waals surface area contributed by atoms with Crippen LogP contribution in [-0.2, 0) is 9.53 Å². The molecule has 0 aliphatic rings. The molecule has 9 nitrogen and oxygen atoms in total. The molecule has 1 heterocycles. The molecule has 180 valence electrons. The highest BCUT2D eigenvalue weighted by Crippen LogP contribution is 2.49. The summed E-state index contributed by atoms with van der Waals surface area (Å²) in [6.07, 6.45) is -0.353. The van der Waals surface area contributed by atoms with Crippen LogP contribution in [0.2, 0.25) is 0 Å². The van der Waals surface area contributed by atoms with E-state index in [9.17, 15) is 30.0 Å². The molecule has 0 aliphatic heterocycles. The third-order valence-electron chi connectivity index (χ3n) is 5.74. The predicted molar refractivity (Wildman–Crippen MR) is 126 cm³/mol. The van der Waals surface area contributed by atoms with Crippen LogP contribution in [0.15, 0.2) is 63.8 Å². The first-order chi connectivity index (χ1) is 16.8. The van der Waals surface area contributed by atoms with Gasteiger partial charge >= 0.3 is 5.97 Å². The molecule has 4 rings (SSSR count). The van der Waals surface area contributed by atoms with Crippen molar-refractivity contribution in [2.45, 2.75) is 12.3 Å². The highest BCUT2D eigenvalue weighted by Gasteiger charge is 2.31. The van der Waals surface area contributed by atoms with Crippen LogP contribution < -0.4 is 10.2 Å². The zero-order valence-electron chi connectivity index (χ0n) is 18.8. The van der Waals surface area contributed by atoms with E-state index in [0.29, 0.717) is 11.1 Å². The lowest BCUT2D eigenvalue weighted by Crippen LogP contribution is -2.12. The molecule has 0 radical (unpaired) electrons. The zero-order valence-corrected chi connectivity index (χ0v) is 18.8. The summed E-state index contributed by atoms with van der Waals surface area (Å²) in [6.45, 7) is 0. The molecule has 0 saturated carbocycles. The van der Waals surface area contributed by atoms with E-state index in [2.05, 4.69) is 0 Å². The Labute approximate surface area is 199 Å². The maximum atomic E-state index is 13.0. The van der Waals surface area contributed by atoms with Gasteiger partial charge in [-0.2, -0.15) is 0 Å². The number of phenols is 4. The number of benzene rings is 3. The van der Waals surface area contributed by atoms with Crippen molar-refractivity contribution in [1.82, 2.24) is 0 Å². The molecule has 9 heteroatoms. The maximum absolute atomic E-state index is 13.0. The van der Waals surface area contributed by atoms with E-state index in [-0.39, 0.29) is 40.2 Å². The van der Waals surface area contributed by atoms with Crippen molar-refractivity contribution in [3.05, 3.63) is 75.9 Å². The van der Waals surface area contributed by atoms with Gasteiger partial charge in [-0.15, -0.1) is 0 Å². The van der Waals surface area contributed by atoms with E-state index in [1.165, 1.54) is 26.4 Å². The Morgan fingerprint density at radius 1 is 0.943 bits per heavy atom. The minimum atomic E-state index is -1.05. The third kappa shape index (κ3) is 4.19. The van der Waals surface area contributed by atoms with Gasteiger partial charge in [-0.05, 0) is 17.7 Å². The first-order valence-corrected chi connectivity index (χ1v) is 10.5. The summed E-state index contributed by atoms with van der Waals surface area (Å²) in [5.74, 6) is -4.24. The summed E-state index contributed by atoms with van der Waals surface area (Å²) < 4.78 is 15.9. The van der Waals surface area contributed by atoms with Gasteiger partial charge in [0.05, 0.1) is 20.6 Å². The molecule has 35 heavy (non-hydrogen) atoms. The summed E-state index contributed by atoms with van der Waals surface area (Å²) in [5.41, 5.74) is -0.165. The normalized spacial score (nSPS) is 11.8.